The lowest BCUT2D eigenvalue weighted by Gasteiger charge is -2.24. The Labute approximate surface area is 110 Å². The molecule has 1 fully saturated rings. The van der Waals surface area contributed by atoms with Gasteiger partial charge >= 0.3 is 12.1 Å². The van der Waals surface area contributed by atoms with Gasteiger partial charge in [0.15, 0.2) is 0 Å². The maximum atomic E-state index is 11.6. The first kappa shape index (κ1) is 11.8. The Kier molecular flexibility index (Phi) is 2.41. The first-order valence-corrected chi connectivity index (χ1v) is 6.24. The van der Waals surface area contributed by atoms with Gasteiger partial charge in [-0.05, 0) is 18.1 Å². The number of nitrogens with zero attached hydrogens (tertiary/aromatic N) is 2. The van der Waals surface area contributed by atoms with E-state index in [2.05, 4.69) is 0 Å². The fraction of sp³-hybridized carbons (Fsp3) is 0.385. The number of carbonyl (C=O) groups is 2. The van der Waals surface area contributed by atoms with Crippen LogP contribution in [-0.4, -0.2) is 36.6 Å². The van der Waals surface area contributed by atoms with Crippen LogP contribution in [0.25, 0.3) is 0 Å². The molecule has 19 heavy (non-hydrogen) atoms. The monoisotopic (exact) mass is 260 g/mol. The van der Waals surface area contributed by atoms with Crippen LogP contribution in [0, 0.1) is 0 Å². The highest BCUT2D eigenvalue weighted by atomic mass is 16.2. The molecule has 100 valence electrons. The Bertz CT molecular complexity index is 559. The van der Waals surface area contributed by atoms with Gasteiger partial charge < -0.3 is 16.4 Å². The number of urea groups is 2. The summed E-state index contributed by atoms with van der Waals surface area (Å²) >= 11 is 0. The third-order valence-corrected chi connectivity index (χ3v) is 4.16. The molecule has 6 nitrogen and oxygen atoms in total. The molecule has 3 rings (SSSR count). The molecule has 4 amide bonds. The smallest absolute Gasteiger partial charge is 0.319 e. The van der Waals surface area contributed by atoms with Crippen LogP contribution < -0.4 is 16.4 Å². The molecular formula is C13H16N4O2. The van der Waals surface area contributed by atoms with Crippen LogP contribution in [0.4, 0.5) is 15.3 Å². The molecule has 1 aromatic rings. The summed E-state index contributed by atoms with van der Waals surface area (Å²) in [6, 6.07) is 6.85. The Morgan fingerprint density at radius 1 is 1.11 bits per heavy atom. The zero-order valence-electron chi connectivity index (χ0n) is 10.5. The minimum absolute atomic E-state index is 0.222. The Balaban J connectivity index is 2.02. The number of amides is 4. The third kappa shape index (κ3) is 1.63. The van der Waals surface area contributed by atoms with Crippen molar-refractivity contribution in [1.29, 1.82) is 0 Å². The second-order valence-electron chi connectivity index (χ2n) is 5.23. The van der Waals surface area contributed by atoms with Crippen LogP contribution >= 0.6 is 0 Å². The number of nitrogens with two attached hydrogens (primary N) is 2. The summed E-state index contributed by atoms with van der Waals surface area (Å²) in [5.41, 5.74) is 12.5. The van der Waals surface area contributed by atoms with E-state index >= 15 is 0 Å². The number of likely N-dealkylation sites (tertiary alicyclic amines) is 1. The Morgan fingerprint density at radius 2 is 1.84 bits per heavy atom. The first-order valence-electron chi connectivity index (χ1n) is 6.24. The van der Waals surface area contributed by atoms with Gasteiger partial charge in [0, 0.05) is 30.7 Å². The molecule has 0 aliphatic carbocycles. The van der Waals surface area contributed by atoms with Gasteiger partial charge in [-0.2, -0.15) is 0 Å². The van der Waals surface area contributed by atoms with E-state index in [-0.39, 0.29) is 5.41 Å². The highest BCUT2D eigenvalue weighted by Gasteiger charge is 2.48. The summed E-state index contributed by atoms with van der Waals surface area (Å²) in [5, 5.41) is 0. The molecule has 1 unspecified atom stereocenters. The van der Waals surface area contributed by atoms with Crippen LogP contribution in [0.5, 0.6) is 0 Å². The summed E-state index contributed by atoms with van der Waals surface area (Å²) in [5.74, 6) is 0. The fourth-order valence-electron chi connectivity index (χ4n) is 3.24. The third-order valence-electron chi connectivity index (χ3n) is 4.16. The Hall–Kier alpha value is -2.24. The molecule has 6 heteroatoms. The number of primary amides is 2. The van der Waals surface area contributed by atoms with E-state index in [1.807, 2.05) is 24.3 Å². The molecule has 2 aliphatic heterocycles. The van der Waals surface area contributed by atoms with E-state index in [0.29, 0.717) is 19.6 Å². The summed E-state index contributed by atoms with van der Waals surface area (Å²) in [6.07, 6.45) is 0.802. The molecule has 0 aromatic heterocycles. The second kappa shape index (κ2) is 3.88. The number of benzene rings is 1. The highest BCUT2D eigenvalue weighted by Crippen LogP contribution is 2.45. The average Bonchev–Trinajstić information content (AvgIpc) is 2.94. The maximum absolute atomic E-state index is 11.6. The van der Waals surface area contributed by atoms with Crippen LogP contribution in [0.15, 0.2) is 24.3 Å². The quantitative estimate of drug-likeness (QED) is 0.715. The van der Waals surface area contributed by atoms with Crippen LogP contribution in [0.2, 0.25) is 0 Å². The number of anilines is 1. The number of rotatable bonds is 0. The van der Waals surface area contributed by atoms with Crippen molar-refractivity contribution in [3.63, 3.8) is 0 Å². The van der Waals surface area contributed by atoms with Crippen LogP contribution in [0.3, 0.4) is 0 Å². The van der Waals surface area contributed by atoms with Gasteiger partial charge in [0.25, 0.3) is 0 Å². The minimum atomic E-state index is -0.457. The number of carbonyl (C=O) groups excluding carboxylic acids is 2. The van der Waals surface area contributed by atoms with Gasteiger partial charge in [0.2, 0.25) is 0 Å². The number of fused-ring (bicyclic) bond motifs is 2. The molecule has 0 saturated carbocycles. The van der Waals surface area contributed by atoms with Gasteiger partial charge in [0.05, 0.1) is 0 Å². The molecular weight excluding hydrogens is 244 g/mol. The van der Waals surface area contributed by atoms with Gasteiger partial charge in [-0.3, -0.25) is 4.90 Å². The average molecular weight is 260 g/mol. The van der Waals surface area contributed by atoms with E-state index in [1.54, 1.807) is 9.80 Å². The topological polar surface area (TPSA) is 92.7 Å². The molecule has 4 N–H and O–H groups in total. The minimum Gasteiger partial charge on any atom is -0.351 e. The lowest BCUT2D eigenvalue weighted by Crippen LogP contribution is -2.42. The zero-order chi connectivity index (χ0) is 13.6. The van der Waals surface area contributed by atoms with Gasteiger partial charge in [-0.25, -0.2) is 9.59 Å². The van der Waals surface area contributed by atoms with Crippen molar-refractivity contribution in [2.45, 2.75) is 11.8 Å². The molecule has 1 spiro atoms. The Morgan fingerprint density at radius 3 is 2.47 bits per heavy atom. The SMILES string of the molecule is NC(=O)N1CCC2(C1)CN(C(N)=O)c1ccccc12. The van der Waals surface area contributed by atoms with Crippen molar-refractivity contribution in [1.82, 2.24) is 4.90 Å². The summed E-state index contributed by atoms with van der Waals surface area (Å²) in [4.78, 5) is 26.1. The maximum Gasteiger partial charge on any atom is 0.319 e. The molecule has 0 bridgehead atoms. The molecule has 1 aromatic carbocycles. The summed E-state index contributed by atoms with van der Waals surface area (Å²) in [6.45, 7) is 1.69. The largest absolute Gasteiger partial charge is 0.351 e. The fourth-order valence-corrected chi connectivity index (χ4v) is 3.24. The van der Waals surface area contributed by atoms with Crippen molar-refractivity contribution in [3.05, 3.63) is 29.8 Å². The van der Waals surface area contributed by atoms with Crippen molar-refractivity contribution in [2.75, 3.05) is 24.5 Å². The number of hydrogen-bond acceptors (Lipinski definition) is 2. The highest BCUT2D eigenvalue weighted by molar-refractivity contribution is 5.94. The summed E-state index contributed by atoms with van der Waals surface area (Å²) in [7, 11) is 0. The van der Waals surface area contributed by atoms with Crippen molar-refractivity contribution in [2.24, 2.45) is 11.5 Å². The lowest BCUT2D eigenvalue weighted by atomic mass is 9.82. The van der Waals surface area contributed by atoms with Gasteiger partial charge in [-0.15, -0.1) is 0 Å². The van der Waals surface area contributed by atoms with E-state index < -0.39 is 12.1 Å². The van der Waals surface area contributed by atoms with Crippen molar-refractivity contribution < 1.29 is 9.59 Å². The lowest BCUT2D eigenvalue weighted by molar-refractivity contribution is 0.215. The van der Waals surface area contributed by atoms with Gasteiger partial charge in [0.1, 0.15) is 0 Å². The number of hydrogen-bond donors (Lipinski definition) is 2. The molecule has 2 aliphatic rings. The normalized spacial score (nSPS) is 24.8. The van der Waals surface area contributed by atoms with Crippen molar-refractivity contribution in [3.8, 4) is 0 Å². The van der Waals surface area contributed by atoms with E-state index in [0.717, 1.165) is 17.7 Å². The second-order valence-corrected chi connectivity index (χ2v) is 5.23. The molecule has 1 saturated heterocycles. The van der Waals surface area contributed by atoms with Crippen molar-refractivity contribution >= 4 is 17.7 Å². The van der Waals surface area contributed by atoms with Crippen LogP contribution in [-0.2, 0) is 5.41 Å². The predicted molar refractivity (Wildman–Crippen MR) is 70.8 cm³/mol. The van der Waals surface area contributed by atoms with E-state index in [4.69, 9.17) is 11.5 Å². The standard InChI is InChI=1S/C13H16N4O2/c14-11(18)16-6-5-13(7-16)8-17(12(15)19)10-4-2-1-3-9(10)13/h1-4H,5-8H2,(H2,14,18)(H2,15,19). The summed E-state index contributed by atoms with van der Waals surface area (Å²) < 4.78 is 0. The predicted octanol–water partition coefficient (Wildman–Crippen LogP) is 0.607. The van der Waals surface area contributed by atoms with Gasteiger partial charge in [-0.1, -0.05) is 18.2 Å². The van der Waals surface area contributed by atoms with E-state index in [9.17, 15) is 9.59 Å². The molecule has 2 heterocycles. The molecule has 1 atom stereocenters. The first-order chi connectivity index (χ1) is 9.03. The van der Waals surface area contributed by atoms with E-state index in [1.165, 1.54) is 0 Å². The molecule has 0 radical (unpaired) electrons. The van der Waals surface area contributed by atoms with Crippen LogP contribution in [0.1, 0.15) is 12.0 Å². The zero-order valence-corrected chi connectivity index (χ0v) is 10.5. The number of para-hydroxylation sites is 1.